The zero-order chi connectivity index (χ0) is 31.6. The minimum atomic E-state index is 0.136. The fourth-order valence-electron chi connectivity index (χ4n) is 6.45. The number of hydrogen-bond acceptors (Lipinski definition) is 11. The van der Waals surface area contributed by atoms with Crippen molar-refractivity contribution in [2.75, 3.05) is 81.5 Å². The molecule has 2 aliphatic heterocycles. The average Bonchev–Trinajstić information content (AvgIpc) is 3.06. The SMILES string of the molecule is CCCN(CCNc1cc(-c2ccccc2O)nnc1N)CC1CN(CC2CCCN(c3ccc(C=O)c(C=O)c3)C2)CCO1. The molecule has 2 saturated heterocycles. The maximum absolute atomic E-state index is 11.5. The number of nitrogens with zero attached hydrogens (tertiary/aromatic N) is 5. The summed E-state index contributed by atoms with van der Waals surface area (Å²) in [6.07, 6.45) is 4.97. The first kappa shape index (κ1) is 32.3. The van der Waals surface area contributed by atoms with Crippen molar-refractivity contribution in [1.82, 2.24) is 20.0 Å². The van der Waals surface area contributed by atoms with Crippen LogP contribution in [-0.2, 0) is 4.74 Å². The van der Waals surface area contributed by atoms with Crippen LogP contribution in [0, 0.1) is 5.92 Å². The Hall–Kier alpha value is -4.06. The van der Waals surface area contributed by atoms with E-state index in [9.17, 15) is 14.7 Å². The molecule has 0 radical (unpaired) electrons. The molecule has 1 aromatic heterocycles. The van der Waals surface area contributed by atoms with Gasteiger partial charge >= 0.3 is 0 Å². The molecule has 3 aromatic rings. The van der Waals surface area contributed by atoms with Crippen LogP contribution in [0.4, 0.5) is 17.2 Å². The number of hydrogen-bond donors (Lipinski definition) is 3. The number of nitrogens with two attached hydrogens (primary N) is 1. The van der Waals surface area contributed by atoms with Crippen LogP contribution < -0.4 is 16.0 Å². The van der Waals surface area contributed by atoms with Crippen molar-refractivity contribution in [2.24, 2.45) is 5.92 Å². The number of nitrogen functional groups attached to an aromatic ring is 1. The molecule has 2 aromatic carbocycles. The second-order valence-corrected chi connectivity index (χ2v) is 12.0. The van der Waals surface area contributed by atoms with Gasteiger partial charge in [0.15, 0.2) is 18.4 Å². The molecule has 2 aliphatic rings. The molecule has 2 unspecified atom stereocenters. The lowest BCUT2D eigenvalue weighted by molar-refractivity contribution is -0.0470. The molecule has 5 rings (SSSR count). The van der Waals surface area contributed by atoms with Crippen LogP contribution in [-0.4, -0.2) is 109 Å². The number of piperidine rings is 1. The third-order valence-electron chi connectivity index (χ3n) is 8.70. The third kappa shape index (κ3) is 8.56. The number of aromatic hydroxyl groups is 1. The van der Waals surface area contributed by atoms with Crippen molar-refractivity contribution in [1.29, 1.82) is 0 Å². The summed E-state index contributed by atoms with van der Waals surface area (Å²) in [6.45, 7) is 11.0. The highest BCUT2D eigenvalue weighted by atomic mass is 16.5. The molecule has 0 bridgehead atoms. The quantitative estimate of drug-likeness (QED) is 0.228. The predicted octanol–water partition coefficient (Wildman–Crippen LogP) is 3.80. The molecule has 2 fully saturated rings. The number of anilines is 3. The van der Waals surface area contributed by atoms with Gasteiger partial charge < -0.3 is 25.8 Å². The summed E-state index contributed by atoms with van der Waals surface area (Å²) in [4.78, 5) is 30.1. The summed E-state index contributed by atoms with van der Waals surface area (Å²) in [5.41, 5.74) is 9.89. The maximum Gasteiger partial charge on any atom is 0.169 e. The summed E-state index contributed by atoms with van der Waals surface area (Å²) >= 11 is 0. The molecule has 0 saturated carbocycles. The van der Waals surface area contributed by atoms with Gasteiger partial charge in [0, 0.05) is 74.7 Å². The molecular formula is C34H45N7O4. The van der Waals surface area contributed by atoms with Gasteiger partial charge in [-0.2, -0.15) is 0 Å². The number of rotatable bonds is 14. The highest BCUT2D eigenvalue weighted by Crippen LogP contribution is 2.30. The summed E-state index contributed by atoms with van der Waals surface area (Å²) in [5.74, 6) is 1.00. The molecule has 2 atom stereocenters. The Morgan fingerprint density at radius 1 is 1.07 bits per heavy atom. The van der Waals surface area contributed by atoms with Gasteiger partial charge in [0.25, 0.3) is 0 Å². The van der Waals surface area contributed by atoms with E-state index in [0.29, 0.717) is 46.4 Å². The lowest BCUT2D eigenvalue weighted by Crippen LogP contribution is -2.50. The molecule has 0 aliphatic carbocycles. The van der Waals surface area contributed by atoms with Gasteiger partial charge in [-0.1, -0.05) is 19.1 Å². The number of phenolic OH excluding ortho intramolecular Hbond substituents is 1. The first-order valence-corrected chi connectivity index (χ1v) is 16.0. The van der Waals surface area contributed by atoms with Gasteiger partial charge in [-0.3, -0.25) is 19.4 Å². The van der Waals surface area contributed by atoms with E-state index < -0.39 is 0 Å². The molecule has 240 valence electrons. The Kier molecular flexibility index (Phi) is 11.3. The van der Waals surface area contributed by atoms with E-state index >= 15 is 0 Å². The van der Waals surface area contributed by atoms with Crippen molar-refractivity contribution < 1.29 is 19.4 Å². The van der Waals surface area contributed by atoms with Crippen LogP contribution in [0.25, 0.3) is 11.3 Å². The van der Waals surface area contributed by atoms with Gasteiger partial charge in [-0.05, 0) is 68.1 Å². The lowest BCUT2D eigenvalue weighted by atomic mass is 9.96. The Labute approximate surface area is 265 Å². The largest absolute Gasteiger partial charge is 0.507 e. The molecule has 0 amide bonds. The topological polar surface area (TPSA) is 137 Å². The number of carbonyl (C=O) groups excluding carboxylic acids is 2. The van der Waals surface area contributed by atoms with Gasteiger partial charge in [0.1, 0.15) is 5.75 Å². The van der Waals surface area contributed by atoms with Gasteiger partial charge in [-0.25, -0.2) is 0 Å². The average molecular weight is 616 g/mol. The zero-order valence-corrected chi connectivity index (χ0v) is 26.1. The summed E-state index contributed by atoms with van der Waals surface area (Å²) in [7, 11) is 0. The number of phenols is 1. The first-order valence-electron chi connectivity index (χ1n) is 16.0. The van der Waals surface area contributed by atoms with Crippen molar-refractivity contribution in [3.8, 4) is 17.0 Å². The Morgan fingerprint density at radius 2 is 1.91 bits per heavy atom. The number of aldehydes is 2. The summed E-state index contributed by atoms with van der Waals surface area (Å²) < 4.78 is 6.23. The van der Waals surface area contributed by atoms with Crippen molar-refractivity contribution in [3.05, 3.63) is 59.7 Å². The number of carbonyl (C=O) groups is 2. The van der Waals surface area contributed by atoms with Crippen LogP contribution in [0.5, 0.6) is 5.75 Å². The number of para-hydroxylation sites is 1. The normalized spacial score (nSPS) is 19.0. The van der Waals surface area contributed by atoms with E-state index in [2.05, 4.69) is 37.1 Å². The molecule has 0 spiro atoms. The predicted molar refractivity (Wildman–Crippen MR) is 177 cm³/mol. The van der Waals surface area contributed by atoms with E-state index in [1.807, 2.05) is 24.3 Å². The maximum atomic E-state index is 11.5. The first-order chi connectivity index (χ1) is 22.0. The van der Waals surface area contributed by atoms with Crippen LogP contribution in [0.1, 0.15) is 46.9 Å². The zero-order valence-electron chi connectivity index (χ0n) is 26.1. The van der Waals surface area contributed by atoms with E-state index in [1.54, 1.807) is 24.3 Å². The molecule has 11 nitrogen and oxygen atoms in total. The fraction of sp³-hybridized carbons (Fsp3) is 0.471. The second-order valence-electron chi connectivity index (χ2n) is 12.0. The molecular weight excluding hydrogens is 570 g/mol. The number of morpholine rings is 1. The summed E-state index contributed by atoms with van der Waals surface area (Å²) in [5, 5.41) is 21.9. The Bertz CT molecular complexity index is 1440. The minimum absolute atomic E-state index is 0.136. The smallest absolute Gasteiger partial charge is 0.169 e. The fourth-order valence-corrected chi connectivity index (χ4v) is 6.45. The van der Waals surface area contributed by atoms with Gasteiger partial charge in [-0.15, -0.1) is 10.2 Å². The molecule has 45 heavy (non-hydrogen) atoms. The standard InChI is InChI=1S/C34H45N7O4/c1-2-12-39(14-11-36-32-18-31(37-38-34(32)35)30-7-3-4-8-33(30)44)21-29-22-40(15-16-45-29)19-25-6-5-13-41(20-25)28-10-9-26(23-42)27(17-28)24-43/h3-4,7-10,17-18,23-25,29,44H,2,5-6,11-16,19-22H2,1H3,(H2,35,38)(H,36,37). The van der Waals surface area contributed by atoms with Crippen LogP contribution in [0.15, 0.2) is 48.5 Å². The van der Waals surface area contributed by atoms with Crippen LogP contribution in [0.3, 0.4) is 0 Å². The minimum Gasteiger partial charge on any atom is -0.507 e. The van der Waals surface area contributed by atoms with Crippen molar-refractivity contribution in [3.63, 3.8) is 0 Å². The number of benzene rings is 2. The van der Waals surface area contributed by atoms with Gasteiger partial charge in [0.05, 0.1) is 24.1 Å². The van der Waals surface area contributed by atoms with E-state index in [0.717, 1.165) is 90.1 Å². The number of aromatic nitrogens is 2. The third-order valence-corrected chi connectivity index (χ3v) is 8.70. The van der Waals surface area contributed by atoms with E-state index in [1.165, 1.54) is 6.42 Å². The molecule has 11 heteroatoms. The van der Waals surface area contributed by atoms with Crippen molar-refractivity contribution in [2.45, 2.75) is 32.3 Å². The lowest BCUT2D eigenvalue weighted by Gasteiger charge is -2.40. The van der Waals surface area contributed by atoms with Crippen molar-refractivity contribution >= 4 is 29.8 Å². The highest BCUT2D eigenvalue weighted by molar-refractivity contribution is 5.91. The monoisotopic (exact) mass is 615 g/mol. The van der Waals surface area contributed by atoms with Gasteiger partial charge in [0.2, 0.25) is 0 Å². The van der Waals surface area contributed by atoms with Crippen LogP contribution >= 0.6 is 0 Å². The second kappa shape index (κ2) is 15.8. The number of ether oxygens (including phenoxy) is 1. The van der Waals surface area contributed by atoms with Crippen LogP contribution in [0.2, 0.25) is 0 Å². The highest BCUT2D eigenvalue weighted by Gasteiger charge is 2.27. The molecule has 4 N–H and O–H groups in total. The summed E-state index contributed by atoms with van der Waals surface area (Å²) in [6, 6.07) is 14.4. The molecule has 3 heterocycles. The Balaban J connectivity index is 1.12. The Morgan fingerprint density at radius 3 is 2.71 bits per heavy atom. The van der Waals surface area contributed by atoms with E-state index in [-0.39, 0.29) is 11.9 Å². The number of nitrogens with one attached hydrogen (secondary N) is 1. The van der Waals surface area contributed by atoms with E-state index in [4.69, 9.17) is 10.5 Å².